The summed E-state index contributed by atoms with van der Waals surface area (Å²) >= 11 is 14.1. The van der Waals surface area contributed by atoms with Crippen molar-refractivity contribution >= 4 is 52.7 Å². The largest absolute Gasteiger partial charge is 0.453 e. The van der Waals surface area contributed by atoms with E-state index in [2.05, 4.69) is 16.0 Å². The molecule has 46 heavy (non-hydrogen) atoms. The molecule has 240 valence electrons. The molecule has 10 heteroatoms. The first kappa shape index (κ1) is 33.8. The first-order chi connectivity index (χ1) is 22.4. The number of carbonyl (C=O) groups is 2. The molecule has 7 nitrogen and oxygen atoms in total. The van der Waals surface area contributed by atoms with Crippen molar-refractivity contribution in [3.8, 4) is 0 Å². The van der Waals surface area contributed by atoms with Gasteiger partial charge >= 0.3 is 6.09 Å². The van der Waals surface area contributed by atoms with E-state index in [0.717, 1.165) is 46.8 Å². The number of rotatable bonds is 12. The summed E-state index contributed by atoms with van der Waals surface area (Å²) in [5, 5.41) is 10.7. The number of carbonyl (C=O) groups excluding carboxylic acids is 2. The summed E-state index contributed by atoms with van der Waals surface area (Å²) in [5.41, 5.74) is 3.46. The summed E-state index contributed by atoms with van der Waals surface area (Å²) in [4.78, 5) is 27.6. The molecular formula is C36H37Cl2N3O4S. The minimum Gasteiger partial charge on any atom is -0.453 e. The van der Waals surface area contributed by atoms with Gasteiger partial charge in [-0.05, 0) is 53.8 Å². The summed E-state index contributed by atoms with van der Waals surface area (Å²) < 4.78 is 11.4. The summed E-state index contributed by atoms with van der Waals surface area (Å²) in [7, 11) is 1.29. The van der Waals surface area contributed by atoms with E-state index in [1.54, 1.807) is 17.8 Å². The molecular weight excluding hydrogens is 641 g/mol. The van der Waals surface area contributed by atoms with Crippen LogP contribution in [0, 0.1) is 0 Å². The van der Waals surface area contributed by atoms with Crippen LogP contribution in [0.25, 0.3) is 0 Å². The standard InChI is InChI=1S/C36H37Cl2N3O4S/c1-44-36(43)41-34(33(25-11-4-2-5-12-25)26-13-6-3-7-14-26)35(42)40-31-15-9-8-10-24(31)16-18-28-21-39-22-29(45-28)23-46-32-19-17-27(37)20-30(32)38/h2-15,17,19-20,28-29,33-34,39H,16,18,21-23H2,1H3,(H,40,42)(H,41,43)/t28-,29+,34+/m1/s1. The van der Waals surface area contributed by atoms with Gasteiger partial charge in [0.05, 0.1) is 24.3 Å². The third kappa shape index (κ3) is 9.27. The number of benzene rings is 4. The molecule has 1 fully saturated rings. The molecule has 1 aliphatic rings. The maximum Gasteiger partial charge on any atom is 0.407 e. The van der Waals surface area contributed by atoms with Gasteiger partial charge in [0.1, 0.15) is 6.04 Å². The van der Waals surface area contributed by atoms with Crippen molar-refractivity contribution in [1.29, 1.82) is 0 Å². The van der Waals surface area contributed by atoms with Gasteiger partial charge in [0.15, 0.2) is 0 Å². The highest BCUT2D eigenvalue weighted by Crippen LogP contribution is 2.32. The van der Waals surface area contributed by atoms with Gasteiger partial charge in [0, 0.05) is 40.4 Å². The first-order valence-electron chi connectivity index (χ1n) is 15.2. The van der Waals surface area contributed by atoms with E-state index in [4.69, 9.17) is 32.7 Å². The molecule has 0 radical (unpaired) electrons. The normalized spacial score (nSPS) is 16.9. The lowest BCUT2D eigenvalue weighted by atomic mass is 9.84. The van der Waals surface area contributed by atoms with Gasteiger partial charge in [-0.1, -0.05) is 102 Å². The predicted octanol–water partition coefficient (Wildman–Crippen LogP) is 7.57. The second kappa shape index (κ2) is 16.9. The van der Waals surface area contributed by atoms with Crippen LogP contribution in [-0.4, -0.2) is 56.2 Å². The topological polar surface area (TPSA) is 88.7 Å². The fraction of sp³-hybridized carbons (Fsp3) is 0.278. The minimum absolute atomic E-state index is 0.0121. The van der Waals surface area contributed by atoms with E-state index in [-0.39, 0.29) is 18.1 Å². The Morgan fingerprint density at radius 3 is 2.24 bits per heavy atom. The average Bonchev–Trinajstić information content (AvgIpc) is 3.08. The molecule has 5 rings (SSSR count). The van der Waals surface area contributed by atoms with E-state index in [1.165, 1.54) is 7.11 Å². The maximum atomic E-state index is 14.0. The molecule has 1 heterocycles. The third-order valence-electron chi connectivity index (χ3n) is 7.85. The number of alkyl carbamates (subject to hydrolysis) is 1. The first-order valence-corrected chi connectivity index (χ1v) is 16.9. The van der Waals surface area contributed by atoms with Crippen LogP contribution in [0.1, 0.15) is 29.0 Å². The Kier molecular flexibility index (Phi) is 12.4. The summed E-state index contributed by atoms with van der Waals surface area (Å²) in [5.74, 6) is -0.0344. The van der Waals surface area contributed by atoms with E-state index in [0.29, 0.717) is 22.2 Å². The van der Waals surface area contributed by atoms with Gasteiger partial charge in [0.2, 0.25) is 5.91 Å². The number of para-hydroxylation sites is 1. The number of hydrogen-bond acceptors (Lipinski definition) is 6. The molecule has 3 atom stereocenters. The van der Waals surface area contributed by atoms with Gasteiger partial charge in [-0.3, -0.25) is 4.79 Å². The molecule has 0 unspecified atom stereocenters. The summed E-state index contributed by atoms with van der Waals surface area (Å²) in [6.07, 6.45) is 0.824. The van der Waals surface area contributed by atoms with Crippen molar-refractivity contribution in [3.05, 3.63) is 130 Å². The fourth-order valence-corrected chi connectivity index (χ4v) is 7.08. The number of ether oxygens (including phenoxy) is 2. The SMILES string of the molecule is COC(=O)N[C@H](C(=O)Nc1ccccc1CC[C@@H]1CNC[C@@H](CSc2ccc(Cl)cc2Cl)O1)C(c1ccccc1)c1ccccc1. The second-order valence-corrected chi connectivity index (χ2v) is 12.9. The smallest absolute Gasteiger partial charge is 0.407 e. The summed E-state index contributed by atoms with van der Waals surface area (Å²) in [6, 6.07) is 31.7. The summed E-state index contributed by atoms with van der Waals surface area (Å²) in [6.45, 7) is 1.51. The lowest BCUT2D eigenvalue weighted by Crippen LogP contribution is -2.48. The molecule has 4 aromatic rings. The van der Waals surface area contributed by atoms with E-state index in [1.807, 2.05) is 97.1 Å². The van der Waals surface area contributed by atoms with Crippen molar-refractivity contribution in [2.24, 2.45) is 0 Å². The highest BCUT2D eigenvalue weighted by molar-refractivity contribution is 7.99. The fourth-order valence-electron chi connectivity index (χ4n) is 5.59. The van der Waals surface area contributed by atoms with E-state index < -0.39 is 18.1 Å². The van der Waals surface area contributed by atoms with Crippen LogP contribution in [0.4, 0.5) is 10.5 Å². The van der Waals surface area contributed by atoms with Gasteiger partial charge in [-0.15, -0.1) is 11.8 Å². The monoisotopic (exact) mass is 677 g/mol. The van der Waals surface area contributed by atoms with Crippen molar-refractivity contribution < 1.29 is 19.1 Å². The Hall–Kier alpha value is -3.53. The second-order valence-electron chi connectivity index (χ2n) is 11.0. The number of thioether (sulfide) groups is 1. The lowest BCUT2D eigenvalue weighted by Gasteiger charge is -2.31. The quantitative estimate of drug-likeness (QED) is 0.134. The highest BCUT2D eigenvalue weighted by atomic mass is 35.5. The number of anilines is 1. The molecule has 0 bridgehead atoms. The van der Waals surface area contributed by atoms with Crippen LogP contribution in [0.3, 0.4) is 0 Å². The molecule has 2 amide bonds. The van der Waals surface area contributed by atoms with E-state index in [9.17, 15) is 9.59 Å². The molecule has 0 aromatic heterocycles. The number of morpholine rings is 1. The Labute approximate surface area is 284 Å². The van der Waals surface area contributed by atoms with E-state index >= 15 is 0 Å². The number of hydrogen-bond donors (Lipinski definition) is 3. The molecule has 4 aromatic carbocycles. The van der Waals surface area contributed by atoms with Gasteiger partial charge in [0.25, 0.3) is 0 Å². The number of aryl methyl sites for hydroxylation is 1. The third-order valence-corrected chi connectivity index (χ3v) is 9.72. The maximum absolute atomic E-state index is 14.0. The molecule has 0 saturated carbocycles. The van der Waals surface area contributed by atoms with Gasteiger partial charge in [-0.2, -0.15) is 0 Å². The highest BCUT2D eigenvalue weighted by Gasteiger charge is 2.33. The van der Waals surface area contributed by atoms with Crippen molar-refractivity contribution in [2.45, 2.75) is 41.9 Å². The van der Waals surface area contributed by atoms with Crippen molar-refractivity contribution in [3.63, 3.8) is 0 Å². The molecule has 0 spiro atoms. The molecule has 0 aliphatic carbocycles. The lowest BCUT2D eigenvalue weighted by molar-refractivity contribution is -0.118. The van der Waals surface area contributed by atoms with Crippen LogP contribution in [0.15, 0.2) is 108 Å². The number of halogens is 2. The number of methoxy groups -OCH3 is 1. The number of nitrogens with one attached hydrogen (secondary N) is 3. The zero-order valence-electron chi connectivity index (χ0n) is 25.5. The molecule has 3 N–H and O–H groups in total. The molecule has 1 aliphatic heterocycles. The van der Waals surface area contributed by atoms with Crippen LogP contribution < -0.4 is 16.0 Å². The average molecular weight is 679 g/mol. The Bertz CT molecular complexity index is 1560. The predicted molar refractivity (Wildman–Crippen MR) is 186 cm³/mol. The minimum atomic E-state index is -0.941. The molecule has 1 saturated heterocycles. The van der Waals surface area contributed by atoms with Gasteiger partial charge in [-0.25, -0.2) is 4.79 Å². The van der Waals surface area contributed by atoms with Crippen LogP contribution in [-0.2, 0) is 20.7 Å². The van der Waals surface area contributed by atoms with Crippen molar-refractivity contribution in [1.82, 2.24) is 10.6 Å². The van der Waals surface area contributed by atoms with Crippen LogP contribution in [0.5, 0.6) is 0 Å². The van der Waals surface area contributed by atoms with Crippen LogP contribution >= 0.6 is 35.0 Å². The zero-order valence-corrected chi connectivity index (χ0v) is 27.8. The Balaban J connectivity index is 1.27. The van der Waals surface area contributed by atoms with Crippen molar-refractivity contribution in [2.75, 3.05) is 31.3 Å². The Morgan fingerprint density at radius 2 is 1.57 bits per heavy atom. The number of amides is 2. The van der Waals surface area contributed by atoms with Gasteiger partial charge < -0.3 is 25.4 Å². The zero-order chi connectivity index (χ0) is 32.3. The Morgan fingerprint density at radius 1 is 0.913 bits per heavy atom. The van der Waals surface area contributed by atoms with Crippen LogP contribution in [0.2, 0.25) is 10.0 Å².